The fourth-order valence-electron chi connectivity index (χ4n) is 3.56. The van der Waals surface area contributed by atoms with Crippen LogP contribution in [0.5, 0.6) is 0 Å². The zero-order valence-corrected chi connectivity index (χ0v) is 18.9. The van der Waals surface area contributed by atoms with Gasteiger partial charge in [-0.3, -0.25) is 9.59 Å². The Hall–Kier alpha value is -4.65. The van der Waals surface area contributed by atoms with Crippen LogP contribution in [0.1, 0.15) is 53.1 Å². The molecule has 2 amide bonds. The number of nitrogens with two attached hydrogens (primary N) is 2. The molecule has 0 aliphatic rings. The second-order valence-corrected chi connectivity index (χ2v) is 8.54. The summed E-state index contributed by atoms with van der Waals surface area (Å²) in [5.41, 5.74) is 14.0. The minimum absolute atomic E-state index is 0.0399. The first kappa shape index (κ1) is 22.5. The zero-order valence-electron chi connectivity index (χ0n) is 18.9. The summed E-state index contributed by atoms with van der Waals surface area (Å²) in [5, 5.41) is 16.8. The summed E-state index contributed by atoms with van der Waals surface area (Å²) >= 11 is 0. The van der Waals surface area contributed by atoms with Crippen molar-refractivity contribution in [1.82, 2.24) is 14.6 Å². The van der Waals surface area contributed by atoms with E-state index in [2.05, 4.69) is 21.5 Å². The lowest BCUT2D eigenvalue weighted by molar-refractivity contribution is 0.0989. The highest BCUT2D eigenvalue weighted by Crippen LogP contribution is 2.33. The van der Waals surface area contributed by atoms with Crippen LogP contribution in [-0.4, -0.2) is 32.5 Å². The Morgan fingerprint density at radius 2 is 1.88 bits per heavy atom. The molecule has 0 fully saturated rings. The summed E-state index contributed by atoms with van der Waals surface area (Å²) in [6, 6.07) is 10.8. The molecule has 0 bridgehead atoms. The van der Waals surface area contributed by atoms with E-state index in [-0.39, 0.29) is 17.3 Å². The standard InChI is InChI=1S/C24H23N7O3/c1-13(24(2,3)23-30-18(12-34-23)22(27)33)29-20-17(21(26)32)10-28-31-11-16(8-19(20)31)15-6-4-14(9-25)5-7-15/h4-8,10-13,29H,1-3H3,(H2,26,32)(H2,27,33). The van der Waals surface area contributed by atoms with Gasteiger partial charge in [0.1, 0.15) is 6.26 Å². The van der Waals surface area contributed by atoms with Crippen molar-refractivity contribution in [2.45, 2.75) is 32.2 Å². The molecule has 3 heterocycles. The molecule has 4 aromatic rings. The lowest BCUT2D eigenvalue weighted by atomic mass is 9.85. The van der Waals surface area contributed by atoms with Crippen LogP contribution in [0.3, 0.4) is 0 Å². The Bertz CT molecular complexity index is 1440. The third-order valence-corrected chi connectivity index (χ3v) is 6.00. The van der Waals surface area contributed by atoms with E-state index in [0.29, 0.717) is 22.7 Å². The van der Waals surface area contributed by atoms with Gasteiger partial charge in [0.15, 0.2) is 5.69 Å². The predicted octanol–water partition coefficient (Wildman–Crippen LogP) is 2.84. The highest BCUT2D eigenvalue weighted by molar-refractivity contribution is 6.02. The summed E-state index contributed by atoms with van der Waals surface area (Å²) in [5.74, 6) is -0.988. The van der Waals surface area contributed by atoms with E-state index in [1.165, 1.54) is 12.5 Å². The van der Waals surface area contributed by atoms with Crippen LogP contribution in [0.15, 0.2) is 53.4 Å². The van der Waals surface area contributed by atoms with Gasteiger partial charge in [0, 0.05) is 17.8 Å². The maximum atomic E-state index is 12.2. The molecule has 172 valence electrons. The largest absolute Gasteiger partial charge is 0.447 e. The highest BCUT2D eigenvalue weighted by Gasteiger charge is 2.34. The number of rotatable bonds is 7. The lowest BCUT2D eigenvalue weighted by Crippen LogP contribution is -2.38. The molecule has 0 spiro atoms. The topological polar surface area (TPSA) is 165 Å². The number of hydrogen-bond donors (Lipinski definition) is 3. The zero-order chi connectivity index (χ0) is 24.6. The third-order valence-electron chi connectivity index (χ3n) is 6.00. The molecular weight excluding hydrogens is 434 g/mol. The number of nitrogens with zero attached hydrogens (tertiary/aromatic N) is 4. The van der Waals surface area contributed by atoms with E-state index in [9.17, 15) is 9.59 Å². The smallest absolute Gasteiger partial charge is 0.270 e. The van der Waals surface area contributed by atoms with E-state index >= 15 is 0 Å². The monoisotopic (exact) mass is 457 g/mol. The number of amides is 2. The van der Waals surface area contributed by atoms with Crippen molar-refractivity contribution < 1.29 is 14.0 Å². The fourth-order valence-corrected chi connectivity index (χ4v) is 3.56. The molecule has 0 saturated heterocycles. The number of anilines is 1. The number of nitrogens with one attached hydrogen (secondary N) is 1. The lowest BCUT2D eigenvalue weighted by Gasteiger charge is -2.30. The minimum Gasteiger partial charge on any atom is -0.447 e. The maximum absolute atomic E-state index is 12.2. The first-order chi connectivity index (χ1) is 16.1. The van der Waals surface area contributed by atoms with Gasteiger partial charge in [0.2, 0.25) is 5.89 Å². The number of aromatic nitrogens is 3. The van der Waals surface area contributed by atoms with Gasteiger partial charge in [-0.05, 0) is 44.5 Å². The van der Waals surface area contributed by atoms with Gasteiger partial charge in [0.05, 0.1) is 40.0 Å². The van der Waals surface area contributed by atoms with Crippen LogP contribution in [-0.2, 0) is 5.41 Å². The van der Waals surface area contributed by atoms with Gasteiger partial charge in [-0.15, -0.1) is 0 Å². The van der Waals surface area contributed by atoms with Crippen molar-refractivity contribution in [3.8, 4) is 17.2 Å². The number of nitriles is 1. The van der Waals surface area contributed by atoms with Gasteiger partial charge >= 0.3 is 0 Å². The molecular formula is C24H23N7O3. The number of fused-ring (bicyclic) bond motifs is 1. The second-order valence-electron chi connectivity index (χ2n) is 8.54. The van der Waals surface area contributed by atoms with Crippen LogP contribution in [0, 0.1) is 11.3 Å². The van der Waals surface area contributed by atoms with Gasteiger partial charge in [-0.2, -0.15) is 10.4 Å². The summed E-state index contributed by atoms with van der Waals surface area (Å²) < 4.78 is 7.16. The second kappa shape index (κ2) is 8.37. The number of oxazole rings is 1. The summed E-state index contributed by atoms with van der Waals surface area (Å²) in [4.78, 5) is 27.9. The summed E-state index contributed by atoms with van der Waals surface area (Å²) in [7, 11) is 0. The molecule has 0 aliphatic heterocycles. The molecule has 34 heavy (non-hydrogen) atoms. The van der Waals surface area contributed by atoms with Crippen LogP contribution in [0.2, 0.25) is 0 Å². The number of primary amides is 2. The normalized spacial score (nSPS) is 12.3. The van der Waals surface area contributed by atoms with Crippen LogP contribution >= 0.6 is 0 Å². The van der Waals surface area contributed by atoms with Crippen molar-refractivity contribution >= 4 is 23.0 Å². The van der Waals surface area contributed by atoms with Gasteiger partial charge in [-0.1, -0.05) is 12.1 Å². The van der Waals surface area contributed by atoms with Crippen molar-refractivity contribution in [2.24, 2.45) is 11.5 Å². The molecule has 1 aromatic carbocycles. The Morgan fingerprint density at radius 3 is 2.47 bits per heavy atom. The molecule has 3 aromatic heterocycles. The average Bonchev–Trinajstić information content (AvgIpc) is 3.47. The molecule has 1 unspecified atom stereocenters. The fraction of sp³-hybridized carbons (Fsp3) is 0.208. The highest BCUT2D eigenvalue weighted by atomic mass is 16.3. The number of hydrogen-bond acceptors (Lipinski definition) is 7. The van der Waals surface area contributed by atoms with E-state index in [4.69, 9.17) is 21.1 Å². The number of carbonyl (C=O) groups is 2. The molecule has 0 aliphatic carbocycles. The first-order valence-corrected chi connectivity index (χ1v) is 10.5. The predicted molar refractivity (Wildman–Crippen MR) is 125 cm³/mol. The van der Waals surface area contributed by atoms with E-state index < -0.39 is 17.2 Å². The van der Waals surface area contributed by atoms with E-state index in [0.717, 1.165) is 11.1 Å². The Labute approximate surface area is 195 Å². The van der Waals surface area contributed by atoms with Gasteiger partial charge in [-0.25, -0.2) is 9.50 Å². The van der Waals surface area contributed by atoms with Crippen LogP contribution < -0.4 is 16.8 Å². The van der Waals surface area contributed by atoms with Crippen molar-refractivity contribution in [1.29, 1.82) is 5.26 Å². The van der Waals surface area contributed by atoms with Gasteiger partial charge < -0.3 is 21.2 Å². The first-order valence-electron chi connectivity index (χ1n) is 10.5. The number of carbonyl (C=O) groups excluding carboxylic acids is 2. The van der Waals surface area contributed by atoms with Crippen molar-refractivity contribution in [3.63, 3.8) is 0 Å². The molecule has 4 rings (SSSR count). The minimum atomic E-state index is -0.689. The molecule has 1 atom stereocenters. The van der Waals surface area contributed by atoms with Crippen LogP contribution in [0.4, 0.5) is 5.69 Å². The van der Waals surface area contributed by atoms with Crippen LogP contribution in [0.25, 0.3) is 16.6 Å². The Balaban J connectivity index is 1.75. The van der Waals surface area contributed by atoms with E-state index in [1.807, 2.05) is 45.2 Å². The SMILES string of the molecule is CC(Nc1c(C(N)=O)cnn2cc(-c3ccc(C#N)cc3)cc12)C(C)(C)c1nc(C(N)=O)co1. The summed E-state index contributed by atoms with van der Waals surface area (Å²) in [6.45, 7) is 5.69. The molecule has 10 nitrogen and oxygen atoms in total. The average molecular weight is 457 g/mol. The Kier molecular flexibility index (Phi) is 5.55. The molecule has 10 heteroatoms. The van der Waals surface area contributed by atoms with Gasteiger partial charge in [0.25, 0.3) is 11.8 Å². The summed E-state index contributed by atoms with van der Waals surface area (Å²) in [6.07, 6.45) is 4.47. The molecule has 0 saturated carbocycles. The van der Waals surface area contributed by atoms with Crippen molar-refractivity contribution in [3.05, 3.63) is 71.7 Å². The van der Waals surface area contributed by atoms with E-state index in [1.54, 1.807) is 16.6 Å². The molecule has 5 N–H and O–H groups in total. The Morgan fingerprint density at radius 1 is 1.18 bits per heavy atom. The maximum Gasteiger partial charge on any atom is 0.270 e. The third kappa shape index (κ3) is 3.95. The van der Waals surface area contributed by atoms with Crippen molar-refractivity contribution in [2.75, 3.05) is 5.32 Å². The quantitative estimate of drug-likeness (QED) is 0.384. The molecule has 0 radical (unpaired) electrons. The number of benzene rings is 1.